The van der Waals surface area contributed by atoms with E-state index in [1.807, 2.05) is 18.2 Å². The van der Waals surface area contributed by atoms with E-state index in [1.165, 1.54) is 0 Å². The van der Waals surface area contributed by atoms with Crippen LogP contribution in [0.2, 0.25) is 0 Å². The van der Waals surface area contributed by atoms with Gasteiger partial charge in [-0.15, -0.1) is 11.8 Å². The molecule has 2 nitrogen and oxygen atoms in total. The van der Waals surface area contributed by atoms with Crippen LogP contribution in [0.1, 0.15) is 34.6 Å². The molecule has 0 saturated carbocycles. The summed E-state index contributed by atoms with van der Waals surface area (Å²) in [7, 11) is 0. The Morgan fingerprint density at radius 2 is 1.89 bits per heavy atom. The molecule has 0 radical (unpaired) electrons. The van der Waals surface area contributed by atoms with Crippen molar-refractivity contribution in [3.8, 4) is 0 Å². The van der Waals surface area contributed by atoms with E-state index in [1.54, 1.807) is 29.7 Å². The third-order valence-corrected chi connectivity index (χ3v) is 5.09. The molecule has 0 spiro atoms. The largest absolute Gasteiger partial charge is 0.391 e. The van der Waals surface area contributed by atoms with Gasteiger partial charge in [-0.3, -0.25) is 0 Å². The zero-order valence-corrected chi connectivity index (χ0v) is 13.4. The van der Waals surface area contributed by atoms with Crippen LogP contribution in [0.4, 0.5) is 0 Å². The maximum absolute atomic E-state index is 10.5. The number of nitrogens with zero attached hydrogens (tertiary/aromatic N) is 1. The van der Waals surface area contributed by atoms with Crippen LogP contribution in [0.15, 0.2) is 29.4 Å². The zero-order chi connectivity index (χ0) is 13.8. The van der Waals surface area contributed by atoms with Gasteiger partial charge in [0.2, 0.25) is 0 Å². The van der Waals surface area contributed by atoms with Crippen molar-refractivity contribution in [3.63, 3.8) is 0 Å². The minimum Gasteiger partial charge on any atom is -0.391 e. The minimum absolute atomic E-state index is 0.111. The van der Waals surface area contributed by atoms with Crippen LogP contribution in [-0.2, 0) is 0 Å². The second-order valence-electron chi connectivity index (χ2n) is 5.65. The summed E-state index contributed by atoms with van der Waals surface area (Å²) in [5, 5.41) is 11.9. The number of pyridine rings is 1. The number of thioether (sulfide) groups is 2. The summed E-state index contributed by atoms with van der Waals surface area (Å²) in [6.45, 7) is 10.5. The first kappa shape index (κ1) is 15.9. The average molecular weight is 285 g/mol. The van der Waals surface area contributed by atoms with Gasteiger partial charge in [-0.25, -0.2) is 4.98 Å². The molecule has 0 amide bonds. The monoisotopic (exact) mass is 285 g/mol. The molecule has 0 unspecified atom stereocenters. The molecular formula is C14H23NOS2. The first-order valence-electron chi connectivity index (χ1n) is 6.22. The Morgan fingerprint density at radius 3 is 2.33 bits per heavy atom. The summed E-state index contributed by atoms with van der Waals surface area (Å²) >= 11 is 3.46. The van der Waals surface area contributed by atoms with E-state index in [0.29, 0.717) is 5.25 Å². The number of hydrogen-bond acceptors (Lipinski definition) is 4. The lowest BCUT2D eigenvalue weighted by Crippen LogP contribution is -2.34. The van der Waals surface area contributed by atoms with Gasteiger partial charge in [0, 0.05) is 11.4 Å². The van der Waals surface area contributed by atoms with Gasteiger partial charge in [0.15, 0.2) is 0 Å². The quantitative estimate of drug-likeness (QED) is 0.653. The Labute approximate surface area is 119 Å². The van der Waals surface area contributed by atoms with Crippen molar-refractivity contribution in [2.75, 3.05) is 0 Å². The number of aliphatic hydroxyl groups excluding tert-OH is 1. The molecule has 102 valence electrons. The molecule has 0 aliphatic heterocycles. The average Bonchev–Trinajstić information content (AvgIpc) is 2.26. The Hall–Kier alpha value is -0.190. The number of aromatic nitrogens is 1. The highest BCUT2D eigenvalue weighted by atomic mass is 32.2. The second kappa shape index (κ2) is 6.83. The van der Waals surface area contributed by atoms with Crippen molar-refractivity contribution >= 4 is 23.5 Å². The van der Waals surface area contributed by atoms with Crippen LogP contribution >= 0.6 is 23.5 Å². The van der Waals surface area contributed by atoms with E-state index in [4.69, 9.17) is 0 Å². The molecule has 1 rings (SSSR count). The Morgan fingerprint density at radius 1 is 1.22 bits per heavy atom. The molecular weight excluding hydrogens is 262 g/mol. The van der Waals surface area contributed by atoms with Crippen molar-refractivity contribution < 1.29 is 5.11 Å². The maximum Gasteiger partial charge on any atom is 0.0971 e. The first-order chi connectivity index (χ1) is 8.30. The standard InChI is InChI=1S/C14H23NOS2/c1-10(2)17-13(12(16)14(3,4)5)18-11-8-6-7-9-15-11/h6-10,12-13,16H,1-5H3/t12-,13-/m0/s1. The third kappa shape index (κ3) is 5.21. The van der Waals surface area contributed by atoms with Gasteiger partial charge in [-0.05, 0) is 17.5 Å². The number of rotatable bonds is 5. The SMILES string of the molecule is CC(C)S[C@@H](Sc1ccccn1)[C@H](O)C(C)(C)C. The Balaban J connectivity index is 2.79. The van der Waals surface area contributed by atoms with Crippen LogP contribution in [0, 0.1) is 5.41 Å². The molecule has 0 fully saturated rings. The third-order valence-electron chi connectivity index (χ3n) is 2.43. The number of hydrogen-bond donors (Lipinski definition) is 1. The molecule has 0 aromatic carbocycles. The van der Waals surface area contributed by atoms with Gasteiger partial charge in [-0.2, -0.15) is 0 Å². The molecule has 1 aromatic rings. The van der Waals surface area contributed by atoms with Crippen LogP contribution in [0.5, 0.6) is 0 Å². The highest BCUT2D eigenvalue weighted by Crippen LogP contribution is 2.39. The molecule has 0 aliphatic rings. The summed E-state index contributed by atoms with van der Waals surface area (Å²) in [4.78, 5) is 4.33. The molecule has 1 heterocycles. The van der Waals surface area contributed by atoms with Crippen molar-refractivity contribution in [1.29, 1.82) is 0 Å². The normalized spacial score (nSPS) is 15.7. The molecule has 0 bridgehead atoms. The molecule has 1 N–H and O–H groups in total. The van der Waals surface area contributed by atoms with E-state index in [2.05, 4.69) is 39.6 Å². The summed E-state index contributed by atoms with van der Waals surface area (Å²) in [5.74, 6) is 0. The van der Waals surface area contributed by atoms with Crippen LogP contribution in [0.3, 0.4) is 0 Å². The van der Waals surface area contributed by atoms with E-state index in [0.717, 1.165) is 5.03 Å². The smallest absolute Gasteiger partial charge is 0.0971 e. The van der Waals surface area contributed by atoms with Gasteiger partial charge < -0.3 is 5.11 Å². The van der Waals surface area contributed by atoms with Gasteiger partial charge in [0.25, 0.3) is 0 Å². The molecule has 4 heteroatoms. The molecule has 0 saturated heterocycles. The van der Waals surface area contributed by atoms with Crippen molar-refractivity contribution in [2.24, 2.45) is 5.41 Å². The van der Waals surface area contributed by atoms with E-state index >= 15 is 0 Å². The van der Waals surface area contributed by atoms with Crippen LogP contribution in [-0.4, -0.2) is 26.0 Å². The van der Waals surface area contributed by atoms with Crippen molar-refractivity contribution in [3.05, 3.63) is 24.4 Å². The van der Waals surface area contributed by atoms with Crippen LogP contribution in [0.25, 0.3) is 0 Å². The summed E-state index contributed by atoms with van der Waals surface area (Å²) < 4.78 is 0.111. The maximum atomic E-state index is 10.5. The lowest BCUT2D eigenvalue weighted by molar-refractivity contribution is 0.0777. The summed E-state index contributed by atoms with van der Waals surface area (Å²) in [5.41, 5.74) is -0.117. The lowest BCUT2D eigenvalue weighted by atomic mass is 9.90. The predicted molar refractivity (Wildman–Crippen MR) is 82.1 cm³/mol. The highest BCUT2D eigenvalue weighted by Gasteiger charge is 2.32. The van der Waals surface area contributed by atoms with Gasteiger partial charge in [0.05, 0.1) is 15.7 Å². The van der Waals surface area contributed by atoms with E-state index in [9.17, 15) is 5.11 Å². The fraction of sp³-hybridized carbons (Fsp3) is 0.643. The van der Waals surface area contributed by atoms with Gasteiger partial charge in [0.1, 0.15) is 0 Å². The van der Waals surface area contributed by atoms with E-state index < -0.39 is 0 Å². The highest BCUT2D eigenvalue weighted by molar-refractivity contribution is 8.17. The molecule has 1 aromatic heterocycles. The molecule has 0 aliphatic carbocycles. The number of aliphatic hydroxyl groups is 1. The fourth-order valence-electron chi connectivity index (χ4n) is 1.38. The lowest BCUT2D eigenvalue weighted by Gasteiger charge is -2.32. The van der Waals surface area contributed by atoms with Crippen molar-refractivity contribution in [2.45, 2.75) is 55.6 Å². The fourth-order valence-corrected chi connectivity index (χ4v) is 4.71. The van der Waals surface area contributed by atoms with Gasteiger partial charge >= 0.3 is 0 Å². The van der Waals surface area contributed by atoms with Crippen molar-refractivity contribution in [1.82, 2.24) is 4.98 Å². The molecule has 2 atom stereocenters. The summed E-state index contributed by atoms with van der Waals surface area (Å²) in [6.07, 6.45) is 1.43. The summed E-state index contributed by atoms with van der Waals surface area (Å²) in [6, 6.07) is 5.89. The van der Waals surface area contributed by atoms with Crippen LogP contribution < -0.4 is 0 Å². The minimum atomic E-state index is -0.364. The van der Waals surface area contributed by atoms with Gasteiger partial charge in [-0.1, -0.05) is 52.4 Å². The Bertz CT molecular complexity index is 349. The zero-order valence-electron chi connectivity index (χ0n) is 11.8. The molecule has 18 heavy (non-hydrogen) atoms. The first-order valence-corrected chi connectivity index (χ1v) is 8.04. The topological polar surface area (TPSA) is 33.1 Å². The predicted octanol–water partition coefficient (Wildman–Crippen LogP) is 4.05. The van der Waals surface area contributed by atoms with E-state index in [-0.39, 0.29) is 16.1 Å². The second-order valence-corrected chi connectivity index (χ2v) is 8.83. The Kier molecular flexibility index (Phi) is 6.02.